The van der Waals surface area contributed by atoms with Gasteiger partial charge in [0, 0.05) is 30.3 Å². The van der Waals surface area contributed by atoms with E-state index in [1.54, 1.807) is 0 Å². The van der Waals surface area contributed by atoms with Crippen LogP contribution >= 0.6 is 11.3 Å². The lowest BCUT2D eigenvalue weighted by Gasteiger charge is -2.14. The van der Waals surface area contributed by atoms with Crippen molar-refractivity contribution in [1.82, 2.24) is 10.3 Å². The molecular weight excluding hydrogens is 200 g/mol. The highest BCUT2D eigenvalue weighted by atomic mass is 32.1. The minimum Gasteiger partial charge on any atom is -0.377 e. The van der Waals surface area contributed by atoms with Crippen molar-refractivity contribution in [2.24, 2.45) is 0 Å². The Balaban J connectivity index is 1.85. The largest absolute Gasteiger partial charge is 0.377 e. The molecule has 1 fully saturated rings. The van der Waals surface area contributed by atoms with Gasteiger partial charge in [0.2, 0.25) is 0 Å². The van der Waals surface area contributed by atoms with Gasteiger partial charge in [-0.1, -0.05) is 11.3 Å². The van der Waals surface area contributed by atoms with Gasteiger partial charge in [-0.15, -0.1) is 0 Å². The summed E-state index contributed by atoms with van der Waals surface area (Å²) in [4.78, 5) is 13.6. The summed E-state index contributed by atoms with van der Waals surface area (Å²) in [6, 6.07) is 0.415. The van der Waals surface area contributed by atoms with E-state index in [0.717, 1.165) is 25.3 Å². The van der Waals surface area contributed by atoms with Crippen molar-refractivity contribution in [3.8, 4) is 0 Å². The zero-order valence-corrected chi connectivity index (χ0v) is 8.89. The first-order valence-corrected chi connectivity index (χ1v) is 5.65. The van der Waals surface area contributed by atoms with E-state index in [0.29, 0.717) is 6.04 Å². The fourth-order valence-corrected chi connectivity index (χ4v) is 2.22. The van der Waals surface area contributed by atoms with Crippen LogP contribution in [0.2, 0.25) is 0 Å². The van der Waals surface area contributed by atoms with Crippen LogP contribution in [0.1, 0.15) is 19.0 Å². The second kappa shape index (κ2) is 4.25. The van der Waals surface area contributed by atoms with Gasteiger partial charge in [-0.3, -0.25) is 4.79 Å². The molecule has 2 N–H and O–H groups in total. The monoisotopic (exact) mass is 214 g/mol. The van der Waals surface area contributed by atoms with Crippen molar-refractivity contribution in [3.05, 3.63) is 20.7 Å². The Kier molecular flexibility index (Phi) is 3.00. The number of hydrogen-bond acceptors (Lipinski definition) is 4. The average molecular weight is 214 g/mol. The number of hydrogen-bond donors (Lipinski definition) is 2. The number of nitrogens with one attached hydrogen (secondary N) is 2. The van der Waals surface area contributed by atoms with Crippen molar-refractivity contribution in [2.75, 3.05) is 6.61 Å². The summed E-state index contributed by atoms with van der Waals surface area (Å²) in [6.07, 6.45) is 1.33. The summed E-state index contributed by atoms with van der Waals surface area (Å²) in [5, 5.41) is 5.23. The summed E-state index contributed by atoms with van der Waals surface area (Å²) in [7, 11) is 0. The highest BCUT2D eigenvalue weighted by molar-refractivity contribution is 7.07. The van der Waals surface area contributed by atoms with Crippen LogP contribution < -0.4 is 10.2 Å². The van der Waals surface area contributed by atoms with Crippen LogP contribution in [0, 0.1) is 0 Å². The Bertz CT molecular complexity index is 347. The number of aromatic nitrogens is 1. The highest BCUT2D eigenvalue weighted by Crippen LogP contribution is 2.12. The first-order chi connectivity index (χ1) is 6.75. The van der Waals surface area contributed by atoms with Crippen molar-refractivity contribution in [2.45, 2.75) is 32.0 Å². The molecule has 0 aromatic carbocycles. The molecule has 2 heterocycles. The second-order valence-electron chi connectivity index (χ2n) is 3.53. The van der Waals surface area contributed by atoms with Crippen molar-refractivity contribution in [1.29, 1.82) is 0 Å². The van der Waals surface area contributed by atoms with Gasteiger partial charge in [-0.25, -0.2) is 0 Å². The predicted octanol–water partition coefficient (Wildman–Crippen LogP) is 0.703. The Morgan fingerprint density at radius 2 is 2.64 bits per heavy atom. The zero-order valence-electron chi connectivity index (χ0n) is 8.08. The maximum Gasteiger partial charge on any atom is 0.304 e. The first-order valence-electron chi connectivity index (χ1n) is 4.77. The maximum absolute atomic E-state index is 10.9. The van der Waals surface area contributed by atoms with Gasteiger partial charge in [0.25, 0.3) is 0 Å². The van der Waals surface area contributed by atoms with E-state index >= 15 is 0 Å². The van der Waals surface area contributed by atoms with Gasteiger partial charge >= 0.3 is 4.87 Å². The number of ether oxygens (including phenoxy) is 1. The van der Waals surface area contributed by atoms with Crippen LogP contribution in [0.3, 0.4) is 0 Å². The second-order valence-corrected chi connectivity index (χ2v) is 4.37. The molecule has 0 aliphatic carbocycles. The van der Waals surface area contributed by atoms with Gasteiger partial charge in [0.15, 0.2) is 0 Å². The third-order valence-electron chi connectivity index (χ3n) is 2.50. The number of rotatable bonds is 3. The smallest absolute Gasteiger partial charge is 0.304 e. The highest BCUT2D eigenvalue weighted by Gasteiger charge is 2.23. The van der Waals surface area contributed by atoms with Crippen molar-refractivity contribution < 1.29 is 4.74 Å². The molecule has 2 rings (SSSR count). The Labute approximate surface area is 86.3 Å². The van der Waals surface area contributed by atoms with E-state index < -0.39 is 0 Å². The SMILES string of the molecule is CC1OCCC1NCc1csc(=O)[nH]1. The molecule has 1 aliphatic heterocycles. The van der Waals surface area contributed by atoms with Gasteiger partial charge in [-0.2, -0.15) is 0 Å². The average Bonchev–Trinajstić information content (AvgIpc) is 2.72. The molecular formula is C9H14N2O2S. The maximum atomic E-state index is 10.9. The Morgan fingerprint density at radius 1 is 1.79 bits per heavy atom. The van der Waals surface area contributed by atoms with Crippen molar-refractivity contribution >= 4 is 11.3 Å². The standard InChI is InChI=1S/C9H14N2O2S/c1-6-8(2-3-13-6)10-4-7-5-14-9(12)11-7/h5-6,8,10H,2-4H2,1H3,(H,11,12). The number of H-pyrrole nitrogens is 1. The molecule has 2 unspecified atom stereocenters. The van der Waals surface area contributed by atoms with Crippen LogP contribution in [0.25, 0.3) is 0 Å². The minimum absolute atomic E-state index is 0.0116. The molecule has 14 heavy (non-hydrogen) atoms. The Morgan fingerprint density at radius 3 is 3.21 bits per heavy atom. The summed E-state index contributed by atoms with van der Waals surface area (Å²) < 4.78 is 5.43. The fraction of sp³-hybridized carbons (Fsp3) is 0.667. The molecule has 5 heteroatoms. The van der Waals surface area contributed by atoms with E-state index in [1.165, 1.54) is 11.3 Å². The van der Waals surface area contributed by atoms with Crippen LogP contribution in [-0.2, 0) is 11.3 Å². The lowest BCUT2D eigenvalue weighted by Crippen LogP contribution is -2.34. The van der Waals surface area contributed by atoms with Crippen LogP contribution in [0.4, 0.5) is 0 Å². The normalized spacial score (nSPS) is 26.9. The topological polar surface area (TPSA) is 54.1 Å². The molecule has 0 spiro atoms. The first kappa shape index (κ1) is 9.89. The minimum atomic E-state index is 0.0116. The lowest BCUT2D eigenvalue weighted by molar-refractivity contribution is 0.113. The molecule has 4 nitrogen and oxygen atoms in total. The quantitative estimate of drug-likeness (QED) is 0.779. The van der Waals surface area contributed by atoms with Crippen LogP contribution in [0.5, 0.6) is 0 Å². The van der Waals surface area contributed by atoms with E-state index in [-0.39, 0.29) is 11.0 Å². The fourth-order valence-electron chi connectivity index (χ4n) is 1.64. The van der Waals surface area contributed by atoms with Gasteiger partial charge < -0.3 is 15.0 Å². The lowest BCUT2D eigenvalue weighted by atomic mass is 10.1. The summed E-state index contributed by atoms with van der Waals surface area (Å²) in [6.45, 7) is 3.62. The van der Waals surface area contributed by atoms with Gasteiger partial charge in [-0.05, 0) is 13.3 Å². The molecule has 0 amide bonds. The number of thiazole rings is 1. The molecule has 1 saturated heterocycles. The van der Waals surface area contributed by atoms with E-state index in [1.807, 2.05) is 5.38 Å². The van der Waals surface area contributed by atoms with E-state index in [9.17, 15) is 4.79 Å². The molecule has 1 aromatic heterocycles. The molecule has 0 saturated carbocycles. The van der Waals surface area contributed by atoms with Crippen LogP contribution in [0.15, 0.2) is 10.2 Å². The zero-order chi connectivity index (χ0) is 9.97. The molecule has 0 bridgehead atoms. The summed E-state index contributed by atoms with van der Waals surface area (Å²) in [5.74, 6) is 0. The number of aromatic amines is 1. The molecule has 0 radical (unpaired) electrons. The molecule has 2 atom stereocenters. The molecule has 1 aromatic rings. The summed E-state index contributed by atoms with van der Waals surface area (Å²) in [5.41, 5.74) is 0.958. The van der Waals surface area contributed by atoms with Crippen molar-refractivity contribution in [3.63, 3.8) is 0 Å². The molecule has 1 aliphatic rings. The third-order valence-corrected chi connectivity index (χ3v) is 3.22. The van der Waals surface area contributed by atoms with Crippen LogP contribution in [-0.4, -0.2) is 23.7 Å². The Hall–Kier alpha value is -0.650. The predicted molar refractivity (Wildman–Crippen MR) is 55.6 cm³/mol. The van der Waals surface area contributed by atoms with Gasteiger partial charge in [0.1, 0.15) is 0 Å². The van der Waals surface area contributed by atoms with E-state index in [2.05, 4.69) is 17.2 Å². The van der Waals surface area contributed by atoms with E-state index in [4.69, 9.17) is 4.74 Å². The summed E-state index contributed by atoms with van der Waals surface area (Å²) >= 11 is 1.21. The third kappa shape index (κ3) is 2.23. The molecule has 78 valence electrons. The van der Waals surface area contributed by atoms with Gasteiger partial charge in [0.05, 0.1) is 6.10 Å².